The molecule has 6 nitrogen and oxygen atoms in total. The number of anilines is 1. The van der Waals surface area contributed by atoms with Crippen molar-refractivity contribution < 1.29 is 9.53 Å². The molecule has 2 aromatic rings. The average Bonchev–Trinajstić information content (AvgIpc) is 2.84. The first-order valence-corrected chi connectivity index (χ1v) is 11.6. The Morgan fingerprint density at radius 3 is 2.52 bits per heavy atom. The molecule has 1 heterocycles. The molecule has 4 rings (SSSR count). The number of benzene rings is 2. The fourth-order valence-corrected chi connectivity index (χ4v) is 5.12. The molecule has 7 heteroatoms. The van der Waals surface area contributed by atoms with Crippen molar-refractivity contribution in [3.8, 4) is 5.75 Å². The maximum Gasteiger partial charge on any atom is 0.225 e. The second kappa shape index (κ2) is 11.7. The molecule has 1 aliphatic heterocycles. The monoisotopic (exact) mass is 562 g/mol. The Bertz CT molecular complexity index is 955. The molecule has 1 fully saturated rings. The fourth-order valence-electron chi connectivity index (χ4n) is 5.12. The molecule has 1 aliphatic carbocycles. The van der Waals surface area contributed by atoms with Crippen LogP contribution in [0.25, 0.3) is 0 Å². The van der Waals surface area contributed by atoms with Crippen LogP contribution in [-0.4, -0.2) is 39.1 Å². The number of carbonyl (C=O) groups is 1. The molecule has 0 radical (unpaired) electrons. The van der Waals surface area contributed by atoms with E-state index in [0.717, 1.165) is 23.9 Å². The Kier molecular flexibility index (Phi) is 9.00. The van der Waals surface area contributed by atoms with Crippen LogP contribution in [0.3, 0.4) is 0 Å². The van der Waals surface area contributed by atoms with E-state index in [-0.39, 0.29) is 41.2 Å². The van der Waals surface area contributed by atoms with E-state index in [1.54, 1.807) is 14.2 Å². The van der Waals surface area contributed by atoms with E-state index in [1.807, 2.05) is 18.2 Å². The summed E-state index contributed by atoms with van der Waals surface area (Å²) in [6.07, 6.45) is 6.60. The van der Waals surface area contributed by atoms with Crippen LogP contribution in [0, 0.1) is 0 Å². The van der Waals surface area contributed by atoms with Gasteiger partial charge in [0.25, 0.3) is 0 Å². The molecule has 1 saturated carbocycles. The van der Waals surface area contributed by atoms with Crippen LogP contribution < -0.4 is 20.7 Å². The number of nitrogens with zero attached hydrogens (tertiary/aromatic N) is 1. The highest BCUT2D eigenvalue weighted by molar-refractivity contribution is 14.0. The number of para-hydroxylation sites is 1. The lowest BCUT2D eigenvalue weighted by molar-refractivity contribution is -0.116. The normalized spacial score (nSPS) is 19.5. The summed E-state index contributed by atoms with van der Waals surface area (Å²) in [6.45, 7) is 1.50. The van der Waals surface area contributed by atoms with Crippen molar-refractivity contribution in [2.75, 3.05) is 32.6 Å². The maximum atomic E-state index is 12.1. The first kappa shape index (κ1) is 25.3. The van der Waals surface area contributed by atoms with Gasteiger partial charge < -0.3 is 20.7 Å². The predicted octanol–water partition coefficient (Wildman–Crippen LogP) is 4.81. The summed E-state index contributed by atoms with van der Waals surface area (Å²) < 4.78 is 5.35. The van der Waals surface area contributed by atoms with Crippen molar-refractivity contribution in [3.05, 3.63) is 59.7 Å². The Morgan fingerprint density at radius 1 is 1.09 bits per heavy atom. The molecule has 0 spiro atoms. The number of ether oxygens (including phenoxy) is 1. The number of fused-ring (bicyclic) bond motifs is 1. The van der Waals surface area contributed by atoms with Crippen LogP contribution in [-0.2, 0) is 10.2 Å². The number of rotatable bonds is 6. The van der Waals surface area contributed by atoms with Crippen molar-refractivity contribution in [3.63, 3.8) is 0 Å². The number of halogens is 1. The molecule has 0 bridgehead atoms. The number of hydrogen-bond donors (Lipinski definition) is 3. The molecular weight excluding hydrogens is 527 g/mol. The van der Waals surface area contributed by atoms with E-state index in [2.05, 4.69) is 51.3 Å². The van der Waals surface area contributed by atoms with Crippen LogP contribution in [0.1, 0.15) is 55.6 Å². The summed E-state index contributed by atoms with van der Waals surface area (Å²) in [5.74, 6) is 1.87. The van der Waals surface area contributed by atoms with Gasteiger partial charge in [0.05, 0.1) is 7.11 Å². The summed E-state index contributed by atoms with van der Waals surface area (Å²) in [4.78, 5) is 16.6. The summed E-state index contributed by atoms with van der Waals surface area (Å²) in [5, 5.41) is 10.0. The SMILES string of the molecule is CN=C(NCC1CC(=O)Nc2ccccc21)NCC1(c2ccc(OC)cc2)CCCCC1.I. The zero-order valence-electron chi connectivity index (χ0n) is 19.5. The molecule has 3 N–H and O–H groups in total. The van der Waals surface area contributed by atoms with E-state index in [0.29, 0.717) is 13.0 Å². The molecule has 1 amide bonds. The number of amides is 1. The highest BCUT2D eigenvalue weighted by atomic mass is 127. The number of carbonyl (C=O) groups excluding carboxylic acids is 1. The Balaban J connectivity index is 0.00000306. The topological polar surface area (TPSA) is 74.8 Å². The van der Waals surface area contributed by atoms with Crippen LogP contribution in [0.4, 0.5) is 5.69 Å². The minimum Gasteiger partial charge on any atom is -0.497 e. The number of aliphatic imine (C=N–C) groups is 1. The third-order valence-electron chi connectivity index (χ3n) is 6.95. The highest BCUT2D eigenvalue weighted by Gasteiger charge is 2.34. The van der Waals surface area contributed by atoms with Crippen molar-refractivity contribution >= 4 is 41.5 Å². The van der Waals surface area contributed by atoms with Gasteiger partial charge in [0, 0.05) is 43.6 Å². The second-order valence-corrected chi connectivity index (χ2v) is 8.91. The lowest BCUT2D eigenvalue weighted by Gasteiger charge is -2.38. The molecule has 2 aliphatic rings. The quantitative estimate of drug-likeness (QED) is 0.269. The number of nitrogens with one attached hydrogen (secondary N) is 3. The fraction of sp³-hybridized carbons (Fsp3) is 0.462. The molecule has 178 valence electrons. The van der Waals surface area contributed by atoms with Crippen molar-refractivity contribution in [1.29, 1.82) is 0 Å². The highest BCUT2D eigenvalue weighted by Crippen LogP contribution is 2.39. The average molecular weight is 562 g/mol. The third-order valence-corrected chi connectivity index (χ3v) is 6.95. The Hall–Kier alpha value is -2.29. The van der Waals surface area contributed by atoms with Gasteiger partial charge in [-0.05, 0) is 42.2 Å². The molecule has 1 atom stereocenters. The van der Waals surface area contributed by atoms with Crippen molar-refractivity contribution in [1.82, 2.24) is 10.6 Å². The molecule has 33 heavy (non-hydrogen) atoms. The van der Waals surface area contributed by atoms with Crippen molar-refractivity contribution in [2.45, 2.75) is 49.9 Å². The third kappa shape index (κ3) is 5.99. The van der Waals surface area contributed by atoms with E-state index in [1.165, 1.54) is 43.2 Å². The second-order valence-electron chi connectivity index (χ2n) is 8.91. The summed E-state index contributed by atoms with van der Waals surface area (Å²) in [7, 11) is 3.51. The zero-order chi connectivity index (χ0) is 22.4. The van der Waals surface area contributed by atoms with Crippen LogP contribution in [0.2, 0.25) is 0 Å². The Labute approximate surface area is 214 Å². The standard InChI is InChI=1S/C26H34N4O2.HI/c1-27-25(28-17-19-16-24(31)30-23-9-5-4-8-22(19)23)29-18-26(14-6-3-7-15-26)20-10-12-21(32-2)13-11-20;/h4-5,8-13,19H,3,6-7,14-18H2,1-2H3,(H,30,31)(H2,27,28,29);1H. The number of methoxy groups -OCH3 is 1. The van der Waals surface area contributed by atoms with Gasteiger partial charge in [-0.15, -0.1) is 24.0 Å². The van der Waals surface area contributed by atoms with E-state index >= 15 is 0 Å². The summed E-state index contributed by atoms with van der Waals surface area (Å²) in [5.41, 5.74) is 3.55. The van der Waals surface area contributed by atoms with Gasteiger partial charge in [-0.1, -0.05) is 49.6 Å². The predicted molar refractivity (Wildman–Crippen MR) is 145 cm³/mol. The lowest BCUT2D eigenvalue weighted by atomic mass is 9.69. The Morgan fingerprint density at radius 2 is 1.82 bits per heavy atom. The van der Waals surface area contributed by atoms with Crippen LogP contribution in [0.15, 0.2) is 53.5 Å². The van der Waals surface area contributed by atoms with Gasteiger partial charge in [-0.25, -0.2) is 0 Å². The van der Waals surface area contributed by atoms with E-state index in [4.69, 9.17) is 4.74 Å². The first-order valence-electron chi connectivity index (χ1n) is 11.6. The largest absolute Gasteiger partial charge is 0.497 e. The van der Waals surface area contributed by atoms with Gasteiger partial charge in [-0.3, -0.25) is 9.79 Å². The van der Waals surface area contributed by atoms with Crippen molar-refractivity contribution in [2.24, 2.45) is 4.99 Å². The molecule has 2 aromatic carbocycles. The van der Waals surface area contributed by atoms with Gasteiger partial charge in [0.15, 0.2) is 5.96 Å². The minimum atomic E-state index is 0. The smallest absolute Gasteiger partial charge is 0.225 e. The maximum absolute atomic E-state index is 12.1. The molecule has 0 saturated heterocycles. The van der Waals surface area contributed by atoms with Gasteiger partial charge in [-0.2, -0.15) is 0 Å². The summed E-state index contributed by atoms with van der Waals surface area (Å²) >= 11 is 0. The summed E-state index contributed by atoms with van der Waals surface area (Å²) in [6, 6.07) is 16.6. The van der Waals surface area contributed by atoms with Crippen LogP contribution >= 0.6 is 24.0 Å². The lowest BCUT2D eigenvalue weighted by Crippen LogP contribution is -2.47. The van der Waals surface area contributed by atoms with E-state index in [9.17, 15) is 4.79 Å². The number of hydrogen-bond acceptors (Lipinski definition) is 3. The van der Waals surface area contributed by atoms with Crippen LogP contribution in [0.5, 0.6) is 5.75 Å². The minimum absolute atomic E-state index is 0. The van der Waals surface area contributed by atoms with Gasteiger partial charge in [0.1, 0.15) is 5.75 Å². The number of guanidine groups is 1. The van der Waals surface area contributed by atoms with Gasteiger partial charge in [0.2, 0.25) is 5.91 Å². The first-order chi connectivity index (χ1) is 15.6. The van der Waals surface area contributed by atoms with Gasteiger partial charge >= 0.3 is 0 Å². The molecule has 0 aromatic heterocycles. The zero-order valence-corrected chi connectivity index (χ0v) is 21.9. The molecule has 1 unspecified atom stereocenters. The molecular formula is C26H35IN4O2. The van der Waals surface area contributed by atoms with E-state index < -0.39 is 0 Å².